The van der Waals surface area contributed by atoms with Gasteiger partial charge in [0.25, 0.3) is 0 Å². The molecule has 0 radical (unpaired) electrons. The molecule has 1 unspecified atom stereocenters. The lowest BCUT2D eigenvalue weighted by atomic mass is 9.96. The van der Waals surface area contributed by atoms with E-state index in [-0.39, 0.29) is 5.91 Å². The highest BCUT2D eigenvalue weighted by molar-refractivity contribution is 5.76. The van der Waals surface area contributed by atoms with E-state index in [2.05, 4.69) is 10.6 Å². The number of benzene rings is 1. The Kier molecular flexibility index (Phi) is 5.87. The van der Waals surface area contributed by atoms with E-state index in [1.807, 2.05) is 24.3 Å². The van der Waals surface area contributed by atoms with E-state index in [0.29, 0.717) is 18.9 Å². The number of carbonyl (C=O) groups is 1. The highest BCUT2D eigenvalue weighted by Gasteiger charge is 2.16. The fourth-order valence-corrected chi connectivity index (χ4v) is 2.57. The molecule has 0 aliphatic carbocycles. The minimum Gasteiger partial charge on any atom is -0.497 e. The molecule has 4 nitrogen and oxygen atoms in total. The Hall–Kier alpha value is -1.55. The van der Waals surface area contributed by atoms with Gasteiger partial charge in [-0.3, -0.25) is 4.79 Å². The van der Waals surface area contributed by atoms with Gasteiger partial charge in [-0.1, -0.05) is 12.1 Å². The summed E-state index contributed by atoms with van der Waals surface area (Å²) >= 11 is 0. The maximum absolute atomic E-state index is 11.8. The number of carbonyl (C=O) groups excluding carboxylic acids is 1. The van der Waals surface area contributed by atoms with Crippen LogP contribution in [-0.4, -0.2) is 32.7 Å². The van der Waals surface area contributed by atoms with Crippen LogP contribution in [0.5, 0.6) is 5.75 Å². The number of rotatable bonds is 6. The molecule has 2 rings (SSSR count). The van der Waals surface area contributed by atoms with Gasteiger partial charge >= 0.3 is 0 Å². The number of ether oxygens (including phenoxy) is 1. The fraction of sp³-hybridized carbons (Fsp3) is 0.562. The first-order chi connectivity index (χ1) is 9.78. The van der Waals surface area contributed by atoms with E-state index in [9.17, 15) is 4.79 Å². The van der Waals surface area contributed by atoms with Gasteiger partial charge in [0.05, 0.1) is 7.11 Å². The Morgan fingerprint density at radius 2 is 2.20 bits per heavy atom. The monoisotopic (exact) mass is 276 g/mol. The SMILES string of the molecule is COc1ccc(CCNC(=O)CC2CCCNC2)cc1. The van der Waals surface area contributed by atoms with Gasteiger partial charge in [-0.25, -0.2) is 0 Å². The minimum absolute atomic E-state index is 0.173. The second-order valence-corrected chi connectivity index (χ2v) is 5.36. The van der Waals surface area contributed by atoms with Crippen LogP contribution in [0.4, 0.5) is 0 Å². The zero-order valence-corrected chi connectivity index (χ0v) is 12.2. The van der Waals surface area contributed by atoms with Gasteiger partial charge in [-0.15, -0.1) is 0 Å². The Labute approximate surface area is 120 Å². The Morgan fingerprint density at radius 3 is 2.85 bits per heavy atom. The van der Waals surface area contributed by atoms with Crippen LogP contribution in [0, 0.1) is 5.92 Å². The predicted octanol–water partition coefficient (Wildman–Crippen LogP) is 1.74. The van der Waals surface area contributed by atoms with E-state index < -0.39 is 0 Å². The van der Waals surface area contributed by atoms with Crippen molar-refractivity contribution in [1.82, 2.24) is 10.6 Å². The van der Waals surface area contributed by atoms with E-state index in [1.54, 1.807) is 7.11 Å². The van der Waals surface area contributed by atoms with Crippen LogP contribution in [0.1, 0.15) is 24.8 Å². The largest absolute Gasteiger partial charge is 0.497 e. The molecule has 4 heteroatoms. The lowest BCUT2D eigenvalue weighted by molar-refractivity contribution is -0.122. The van der Waals surface area contributed by atoms with Crippen molar-refractivity contribution in [2.75, 3.05) is 26.7 Å². The topological polar surface area (TPSA) is 50.4 Å². The van der Waals surface area contributed by atoms with Crippen molar-refractivity contribution < 1.29 is 9.53 Å². The Morgan fingerprint density at radius 1 is 1.40 bits per heavy atom. The molecule has 1 amide bonds. The van der Waals surface area contributed by atoms with Crippen LogP contribution in [-0.2, 0) is 11.2 Å². The van der Waals surface area contributed by atoms with Crippen LogP contribution >= 0.6 is 0 Å². The quantitative estimate of drug-likeness (QED) is 0.832. The lowest BCUT2D eigenvalue weighted by Gasteiger charge is -2.22. The number of hydrogen-bond acceptors (Lipinski definition) is 3. The summed E-state index contributed by atoms with van der Waals surface area (Å²) in [7, 11) is 1.66. The Bertz CT molecular complexity index is 411. The number of hydrogen-bond donors (Lipinski definition) is 2. The molecule has 1 aliphatic rings. The third kappa shape index (κ3) is 4.85. The van der Waals surface area contributed by atoms with Crippen LogP contribution in [0.3, 0.4) is 0 Å². The molecule has 20 heavy (non-hydrogen) atoms. The molecule has 0 spiro atoms. The van der Waals surface area contributed by atoms with E-state index >= 15 is 0 Å². The third-order valence-corrected chi connectivity index (χ3v) is 3.77. The average molecular weight is 276 g/mol. The molecule has 2 N–H and O–H groups in total. The van der Waals surface area contributed by atoms with Gasteiger partial charge in [-0.05, 0) is 56.0 Å². The summed E-state index contributed by atoms with van der Waals surface area (Å²) in [5.41, 5.74) is 1.21. The van der Waals surface area contributed by atoms with E-state index in [0.717, 1.165) is 25.3 Å². The van der Waals surface area contributed by atoms with Gasteiger partial charge < -0.3 is 15.4 Å². The van der Waals surface area contributed by atoms with Crippen LogP contribution in [0.15, 0.2) is 24.3 Å². The van der Waals surface area contributed by atoms with E-state index in [4.69, 9.17) is 4.74 Å². The molecule has 1 aliphatic heterocycles. The van der Waals surface area contributed by atoms with Gasteiger partial charge in [0.2, 0.25) is 5.91 Å². The molecular formula is C16H24N2O2. The summed E-state index contributed by atoms with van der Waals surface area (Å²) in [6, 6.07) is 7.97. The van der Waals surface area contributed by atoms with Crippen LogP contribution < -0.4 is 15.4 Å². The lowest BCUT2D eigenvalue weighted by Crippen LogP contribution is -2.34. The van der Waals surface area contributed by atoms with Crippen LogP contribution in [0.2, 0.25) is 0 Å². The molecule has 1 fully saturated rings. The first-order valence-corrected chi connectivity index (χ1v) is 7.38. The number of piperidine rings is 1. The van der Waals surface area contributed by atoms with Gasteiger partial charge in [0.1, 0.15) is 5.75 Å². The summed E-state index contributed by atoms with van der Waals surface area (Å²) < 4.78 is 5.12. The molecule has 1 saturated heterocycles. The van der Waals surface area contributed by atoms with Crippen molar-refractivity contribution in [3.05, 3.63) is 29.8 Å². The maximum atomic E-state index is 11.8. The van der Waals surface area contributed by atoms with Crippen molar-refractivity contribution in [1.29, 1.82) is 0 Å². The summed E-state index contributed by atoms with van der Waals surface area (Å²) in [6.07, 6.45) is 3.86. The molecule has 1 heterocycles. The third-order valence-electron chi connectivity index (χ3n) is 3.77. The number of amides is 1. The molecule has 1 atom stereocenters. The molecule has 110 valence electrons. The highest BCUT2D eigenvalue weighted by atomic mass is 16.5. The fourth-order valence-electron chi connectivity index (χ4n) is 2.57. The first kappa shape index (κ1) is 14.9. The summed E-state index contributed by atoms with van der Waals surface area (Å²) in [6.45, 7) is 2.77. The van der Waals surface area contributed by atoms with Crippen LogP contribution in [0.25, 0.3) is 0 Å². The average Bonchev–Trinajstić information content (AvgIpc) is 2.49. The summed E-state index contributed by atoms with van der Waals surface area (Å²) in [5.74, 6) is 1.54. The molecule has 0 bridgehead atoms. The Balaban J connectivity index is 1.65. The normalized spacial score (nSPS) is 18.6. The van der Waals surface area contributed by atoms with Crippen molar-refractivity contribution >= 4 is 5.91 Å². The van der Waals surface area contributed by atoms with Crippen molar-refractivity contribution in [3.63, 3.8) is 0 Å². The van der Waals surface area contributed by atoms with E-state index in [1.165, 1.54) is 18.4 Å². The second-order valence-electron chi connectivity index (χ2n) is 5.36. The van der Waals surface area contributed by atoms with Gasteiger partial charge in [0.15, 0.2) is 0 Å². The van der Waals surface area contributed by atoms with Gasteiger partial charge in [0, 0.05) is 13.0 Å². The van der Waals surface area contributed by atoms with Crippen molar-refractivity contribution in [2.24, 2.45) is 5.92 Å². The highest BCUT2D eigenvalue weighted by Crippen LogP contribution is 2.14. The van der Waals surface area contributed by atoms with Crippen molar-refractivity contribution in [2.45, 2.75) is 25.7 Å². The second kappa shape index (κ2) is 7.90. The smallest absolute Gasteiger partial charge is 0.220 e. The molecule has 1 aromatic rings. The zero-order valence-electron chi connectivity index (χ0n) is 12.2. The molecule has 0 aromatic heterocycles. The molecule has 0 saturated carbocycles. The summed E-state index contributed by atoms with van der Waals surface area (Å²) in [4.78, 5) is 11.8. The maximum Gasteiger partial charge on any atom is 0.220 e. The standard InChI is InChI=1S/C16H24N2O2/c1-20-15-6-4-13(5-7-15)8-10-18-16(19)11-14-3-2-9-17-12-14/h4-7,14,17H,2-3,8-12H2,1H3,(H,18,19). The molecular weight excluding hydrogens is 252 g/mol. The number of methoxy groups -OCH3 is 1. The summed E-state index contributed by atoms with van der Waals surface area (Å²) in [5, 5.41) is 6.35. The van der Waals surface area contributed by atoms with Crippen molar-refractivity contribution in [3.8, 4) is 5.75 Å². The first-order valence-electron chi connectivity index (χ1n) is 7.38. The minimum atomic E-state index is 0.173. The van der Waals surface area contributed by atoms with Gasteiger partial charge in [-0.2, -0.15) is 0 Å². The predicted molar refractivity (Wildman–Crippen MR) is 79.9 cm³/mol. The number of nitrogens with one attached hydrogen (secondary N) is 2. The zero-order chi connectivity index (χ0) is 14.2. The molecule has 1 aromatic carbocycles.